The third-order valence-corrected chi connectivity index (χ3v) is 5.32. The standard InChI is InChI=1S/C21H25N9O/c1-14-11-24-29(13-14)8-7-23-21-27-19(26-20(22)28-21)15-5-6-16-12-25-30(17(16)10-15)18-4-2-3-9-31-18/h5-6,10-13,18H,2-4,7-9H2,1H3,(H3,22,23,26,27,28). The van der Waals surface area contributed by atoms with Crippen LogP contribution >= 0.6 is 0 Å². The van der Waals surface area contributed by atoms with E-state index in [1.807, 2.05) is 53.1 Å². The molecule has 1 atom stereocenters. The summed E-state index contributed by atoms with van der Waals surface area (Å²) < 4.78 is 9.74. The molecule has 10 heteroatoms. The van der Waals surface area contributed by atoms with Gasteiger partial charge in [-0.15, -0.1) is 0 Å². The lowest BCUT2D eigenvalue weighted by atomic mass is 10.1. The van der Waals surface area contributed by atoms with E-state index < -0.39 is 0 Å². The average molecular weight is 419 g/mol. The third-order valence-electron chi connectivity index (χ3n) is 5.32. The normalized spacial score (nSPS) is 16.6. The lowest BCUT2D eigenvalue weighted by molar-refractivity contribution is -0.0366. The van der Waals surface area contributed by atoms with E-state index >= 15 is 0 Å². The van der Waals surface area contributed by atoms with Crippen LogP contribution in [0.15, 0.2) is 36.8 Å². The molecule has 0 radical (unpaired) electrons. The van der Waals surface area contributed by atoms with Gasteiger partial charge in [0.05, 0.1) is 24.5 Å². The van der Waals surface area contributed by atoms with Crippen molar-refractivity contribution in [2.75, 3.05) is 24.2 Å². The molecule has 5 rings (SSSR count). The van der Waals surface area contributed by atoms with Crippen LogP contribution in [0, 0.1) is 6.92 Å². The van der Waals surface area contributed by atoms with E-state index in [0.29, 0.717) is 24.9 Å². The zero-order chi connectivity index (χ0) is 21.2. The van der Waals surface area contributed by atoms with Gasteiger partial charge in [0, 0.05) is 30.3 Å². The molecule has 1 saturated heterocycles. The number of ether oxygens (including phenoxy) is 1. The Balaban J connectivity index is 1.38. The van der Waals surface area contributed by atoms with Crippen LogP contribution in [0.5, 0.6) is 0 Å². The van der Waals surface area contributed by atoms with Crippen molar-refractivity contribution in [2.24, 2.45) is 0 Å². The van der Waals surface area contributed by atoms with E-state index in [9.17, 15) is 0 Å². The SMILES string of the molecule is Cc1cnn(CCNc2nc(N)nc(-c3ccc4cnn(C5CCCCO5)c4c3)n2)c1. The van der Waals surface area contributed by atoms with Crippen molar-refractivity contribution in [3.63, 3.8) is 0 Å². The van der Waals surface area contributed by atoms with Gasteiger partial charge in [0.25, 0.3) is 0 Å². The molecule has 3 N–H and O–H groups in total. The van der Waals surface area contributed by atoms with E-state index in [0.717, 1.165) is 47.9 Å². The predicted molar refractivity (Wildman–Crippen MR) is 117 cm³/mol. The van der Waals surface area contributed by atoms with Crippen LogP contribution in [0.3, 0.4) is 0 Å². The van der Waals surface area contributed by atoms with Gasteiger partial charge in [-0.1, -0.05) is 12.1 Å². The molecule has 4 aromatic rings. The molecule has 0 amide bonds. The Bertz CT molecular complexity index is 1190. The molecule has 0 aliphatic carbocycles. The van der Waals surface area contributed by atoms with Crippen LogP contribution < -0.4 is 11.1 Å². The Kier molecular flexibility index (Phi) is 5.21. The maximum Gasteiger partial charge on any atom is 0.228 e. The largest absolute Gasteiger partial charge is 0.368 e. The van der Waals surface area contributed by atoms with Crippen molar-refractivity contribution in [1.29, 1.82) is 0 Å². The monoisotopic (exact) mass is 419 g/mol. The highest BCUT2D eigenvalue weighted by Gasteiger charge is 2.19. The maximum atomic E-state index is 5.97. The molecule has 1 unspecified atom stereocenters. The van der Waals surface area contributed by atoms with Crippen molar-refractivity contribution in [3.05, 3.63) is 42.4 Å². The van der Waals surface area contributed by atoms with Crippen molar-refractivity contribution < 1.29 is 4.74 Å². The molecular weight excluding hydrogens is 394 g/mol. The number of nitrogen functional groups attached to an aromatic ring is 1. The van der Waals surface area contributed by atoms with Crippen LogP contribution in [0.2, 0.25) is 0 Å². The number of aryl methyl sites for hydroxylation is 1. The van der Waals surface area contributed by atoms with Crippen LogP contribution in [-0.2, 0) is 11.3 Å². The molecule has 160 valence electrons. The van der Waals surface area contributed by atoms with Gasteiger partial charge in [0.15, 0.2) is 12.1 Å². The number of fused-ring (bicyclic) bond motifs is 1. The second-order valence-electron chi connectivity index (χ2n) is 7.73. The van der Waals surface area contributed by atoms with Gasteiger partial charge in [-0.2, -0.15) is 25.1 Å². The van der Waals surface area contributed by atoms with Gasteiger partial charge in [-0.3, -0.25) is 4.68 Å². The molecule has 3 aromatic heterocycles. The van der Waals surface area contributed by atoms with Gasteiger partial charge in [0.1, 0.15) is 0 Å². The van der Waals surface area contributed by atoms with E-state index in [-0.39, 0.29) is 12.2 Å². The Morgan fingerprint density at radius 2 is 2.10 bits per heavy atom. The Morgan fingerprint density at radius 1 is 1.16 bits per heavy atom. The lowest BCUT2D eigenvalue weighted by Crippen LogP contribution is -2.19. The lowest BCUT2D eigenvalue weighted by Gasteiger charge is -2.23. The van der Waals surface area contributed by atoms with E-state index in [4.69, 9.17) is 10.5 Å². The minimum atomic E-state index is -0.0342. The van der Waals surface area contributed by atoms with Crippen molar-refractivity contribution in [1.82, 2.24) is 34.5 Å². The smallest absolute Gasteiger partial charge is 0.228 e. The summed E-state index contributed by atoms with van der Waals surface area (Å²) in [6, 6.07) is 6.02. The van der Waals surface area contributed by atoms with Crippen molar-refractivity contribution in [3.8, 4) is 11.4 Å². The van der Waals surface area contributed by atoms with Crippen LogP contribution in [-0.4, -0.2) is 47.7 Å². The summed E-state index contributed by atoms with van der Waals surface area (Å²) in [7, 11) is 0. The summed E-state index contributed by atoms with van der Waals surface area (Å²) in [5.74, 6) is 1.13. The first kappa shape index (κ1) is 19.4. The van der Waals surface area contributed by atoms with Crippen molar-refractivity contribution in [2.45, 2.75) is 39.0 Å². The molecule has 31 heavy (non-hydrogen) atoms. The van der Waals surface area contributed by atoms with Crippen LogP contribution in [0.4, 0.5) is 11.9 Å². The number of nitrogens with one attached hydrogen (secondary N) is 1. The number of nitrogens with two attached hydrogens (primary N) is 1. The molecule has 10 nitrogen and oxygen atoms in total. The number of anilines is 2. The molecule has 0 saturated carbocycles. The van der Waals surface area contributed by atoms with Gasteiger partial charge in [-0.05, 0) is 37.8 Å². The van der Waals surface area contributed by atoms with Crippen molar-refractivity contribution >= 4 is 22.8 Å². The zero-order valence-corrected chi connectivity index (χ0v) is 17.4. The quantitative estimate of drug-likeness (QED) is 0.489. The minimum absolute atomic E-state index is 0.0342. The zero-order valence-electron chi connectivity index (χ0n) is 17.4. The van der Waals surface area contributed by atoms with Crippen LogP contribution in [0.25, 0.3) is 22.3 Å². The molecule has 1 aliphatic heterocycles. The van der Waals surface area contributed by atoms with Gasteiger partial charge in [-0.25, -0.2) is 4.68 Å². The number of rotatable bonds is 6. The number of hydrogen-bond acceptors (Lipinski definition) is 8. The number of aromatic nitrogens is 7. The highest BCUT2D eigenvalue weighted by Crippen LogP contribution is 2.28. The summed E-state index contributed by atoms with van der Waals surface area (Å²) in [5, 5.41) is 13.1. The molecule has 1 fully saturated rings. The maximum absolute atomic E-state index is 5.97. The Hall–Kier alpha value is -3.53. The molecular formula is C21H25N9O. The minimum Gasteiger partial charge on any atom is -0.368 e. The number of nitrogens with zero attached hydrogens (tertiary/aromatic N) is 7. The fourth-order valence-electron chi connectivity index (χ4n) is 3.80. The fraction of sp³-hybridized carbons (Fsp3) is 0.381. The summed E-state index contributed by atoms with van der Waals surface area (Å²) in [4.78, 5) is 13.1. The highest BCUT2D eigenvalue weighted by molar-refractivity contribution is 5.83. The third kappa shape index (κ3) is 4.19. The summed E-state index contributed by atoms with van der Waals surface area (Å²) in [5.41, 5.74) is 8.93. The van der Waals surface area contributed by atoms with Gasteiger partial charge < -0.3 is 15.8 Å². The second-order valence-corrected chi connectivity index (χ2v) is 7.73. The summed E-state index contributed by atoms with van der Waals surface area (Å²) >= 11 is 0. The molecule has 1 aromatic carbocycles. The molecule has 4 heterocycles. The summed E-state index contributed by atoms with van der Waals surface area (Å²) in [6.45, 7) is 4.10. The predicted octanol–water partition coefficient (Wildman–Crippen LogP) is 2.79. The number of hydrogen-bond donors (Lipinski definition) is 2. The fourth-order valence-corrected chi connectivity index (χ4v) is 3.80. The van der Waals surface area contributed by atoms with E-state index in [2.05, 4.69) is 30.5 Å². The Labute approximate surface area is 179 Å². The molecule has 0 bridgehead atoms. The first-order valence-electron chi connectivity index (χ1n) is 10.5. The van der Waals surface area contributed by atoms with E-state index in [1.54, 1.807) is 0 Å². The topological polar surface area (TPSA) is 122 Å². The van der Waals surface area contributed by atoms with Crippen LogP contribution in [0.1, 0.15) is 31.1 Å². The first-order valence-corrected chi connectivity index (χ1v) is 10.5. The first-order chi connectivity index (χ1) is 15.2. The van der Waals surface area contributed by atoms with Gasteiger partial charge >= 0.3 is 0 Å². The molecule has 0 spiro atoms. The Morgan fingerprint density at radius 3 is 2.90 bits per heavy atom. The second kappa shape index (κ2) is 8.31. The average Bonchev–Trinajstić information content (AvgIpc) is 3.39. The highest BCUT2D eigenvalue weighted by atomic mass is 16.5. The van der Waals surface area contributed by atoms with E-state index in [1.165, 1.54) is 0 Å². The molecule has 1 aliphatic rings. The number of benzene rings is 1. The van der Waals surface area contributed by atoms with Gasteiger partial charge in [0.2, 0.25) is 11.9 Å². The summed E-state index contributed by atoms with van der Waals surface area (Å²) in [6.07, 6.45) is 8.85.